The fourth-order valence-electron chi connectivity index (χ4n) is 2.00. The fourth-order valence-corrected chi connectivity index (χ4v) is 2.00. The Labute approximate surface area is 223 Å². The number of aliphatic hydroxyl groups is 1. The van der Waals surface area contributed by atoms with Crippen LogP contribution in [-0.4, -0.2) is 88.9 Å². The van der Waals surface area contributed by atoms with Crippen LogP contribution in [0.1, 0.15) is 13.8 Å². The molecule has 0 rings (SSSR count). The lowest BCUT2D eigenvalue weighted by atomic mass is 9.83. The van der Waals surface area contributed by atoms with E-state index >= 15 is 0 Å². The molecule has 38 heavy (non-hydrogen) atoms. The number of carbonyl (C=O) groups is 4. The van der Waals surface area contributed by atoms with Gasteiger partial charge in [0.1, 0.15) is 33.0 Å². The molecule has 0 saturated heterocycles. The van der Waals surface area contributed by atoms with Gasteiger partial charge in [-0.05, 0) is 19.4 Å². The quantitative estimate of drug-likeness (QED) is 0.0481. The highest BCUT2D eigenvalue weighted by atomic mass is 17.2. The summed E-state index contributed by atoms with van der Waals surface area (Å²) >= 11 is 0. The van der Waals surface area contributed by atoms with E-state index in [-0.39, 0.29) is 46.2 Å². The second-order valence-electron chi connectivity index (χ2n) is 7.54. The van der Waals surface area contributed by atoms with Gasteiger partial charge in [0.25, 0.3) is 0 Å². The Bertz CT molecular complexity index is 789. The summed E-state index contributed by atoms with van der Waals surface area (Å²) in [6.45, 7) is 20.0. The van der Waals surface area contributed by atoms with Gasteiger partial charge in [-0.2, -0.15) is 0 Å². The molecule has 0 amide bonds. The van der Waals surface area contributed by atoms with E-state index in [1.807, 2.05) is 0 Å². The molecule has 12 heteroatoms. The highest BCUT2D eigenvalue weighted by Gasteiger charge is 2.36. The van der Waals surface area contributed by atoms with Gasteiger partial charge in [-0.1, -0.05) is 32.9 Å². The summed E-state index contributed by atoms with van der Waals surface area (Å²) in [5.41, 5.74) is -0.183. The van der Waals surface area contributed by atoms with Gasteiger partial charge in [0.15, 0.2) is 0 Å². The highest BCUT2D eigenvalue weighted by Crippen LogP contribution is 2.28. The Morgan fingerprint density at radius 2 is 1.18 bits per heavy atom. The minimum Gasteiger partial charge on any atom is -0.461 e. The molecular formula is C26H38O12. The van der Waals surface area contributed by atoms with Crippen molar-refractivity contribution in [2.75, 3.05) is 60.0 Å². The van der Waals surface area contributed by atoms with Gasteiger partial charge in [0, 0.05) is 23.3 Å². The first-order chi connectivity index (χ1) is 17.9. The predicted molar refractivity (Wildman–Crippen MR) is 136 cm³/mol. The largest absolute Gasteiger partial charge is 0.461 e. The first kappa shape index (κ1) is 36.6. The van der Waals surface area contributed by atoms with Gasteiger partial charge in [0.05, 0.1) is 32.3 Å². The van der Waals surface area contributed by atoms with Crippen molar-refractivity contribution >= 4 is 23.9 Å². The van der Waals surface area contributed by atoms with Crippen molar-refractivity contribution in [2.24, 2.45) is 5.41 Å². The fraction of sp³-hybridized carbons (Fsp3) is 0.462. The van der Waals surface area contributed by atoms with Crippen molar-refractivity contribution in [3.05, 3.63) is 61.8 Å². The zero-order valence-electron chi connectivity index (χ0n) is 22.3. The number of carbonyl (C=O) groups excluding carboxylic acids is 4. The number of ether oxygens (including phenoxy) is 5. The molecule has 0 aromatic carbocycles. The minimum absolute atomic E-state index is 0.0751. The molecule has 0 unspecified atom stereocenters. The highest BCUT2D eigenvalue weighted by molar-refractivity contribution is 5.87. The monoisotopic (exact) mass is 542 g/mol. The topological polar surface area (TPSA) is 153 Å². The zero-order chi connectivity index (χ0) is 29.6. The molecular weight excluding hydrogens is 504 g/mol. The Kier molecular flexibility index (Phi) is 20.7. The molecule has 0 aliphatic heterocycles. The molecule has 0 aliphatic rings. The molecule has 0 fully saturated rings. The molecule has 0 radical (unpaired) electrons. The van der Waals surface area contributed by atoms with Crippen LogP contribution in [0.25, 0.3) is 0 Å². The Morgan fingerprint density at radius 3 is 1.50 bits per heavy atom. The molecule has 1 N–H and O–H groups in total. The molecule has 0 heterocycles. The molecule has 0 aromatic rings. The van der Waals surface area contributed by atoms with Gasteiger partial charge in [-0.25, -0.2) is 29.0 Å². The Hall–Kier alpha value is -3.58. The van der Waals surface area contributed by atoms with E-state index in [0.29, 0.717) is 16.7 Å². The predicted octanol–water partition coefficient (Wildman–Crippen LogP) is 1.80. The van der Waals surface area contributed by atoms with E-state index in [0.717, 1.165) is 12.2 Å². The van der Waals surface area contributed by atoms with E-state index < -0.39 is 35.9 Å². The smallest absolute Gasteiger partial charge is 0.333 e. The SMILES string of the molecule is C=C(C)C(=O)OCCOCCOC(=O)C(=C)C.C=CC(=O)OCC(CO)(COC(=O)C=C)C(=C)COOC. The van der Waals surface area contributed by atoms with Crippen LogP contribution in [-0.2, 0) is 52.6 Å². The van der Waals surface area contributed by atoms with Crippen molar-refractivity contribution in [3.63, 3.8) is 0 Å². The lowest BCUT2D eigenvalue weighted by molar-refractivity contribution is -0.267. The summed E-state index contributed by atoms with van der Waals surface area (Å²) in [6, 6.07) is 0. The van der Waals surface area contributed by atoms with Crippen molar-refractivity contribution in [3.8, 4) is 0 Å². The third-order valence-electron chi connectivity index (χ3n) is 4.34. The van der Waals surface area contributed by atoms with E-state index in [1.54, 1.807) is 13.8 Å². The van der Waals surface area contributed by atoms with Crippen LogP contribution in [0.15, 0.2) is 61.8 Å². The summed E-state index contributed by atoms with van der Waals surface area (Å²) < 4.78 is 24.5. The second kappa shape index (κ2) is 21.5. The third-order valence-corrected chi connectivity index (χ3v) is 4.34. The van der Waals surface area contributed by atoms with Crippen LogP contribution in [0.4, 0.5) is 0 Å². The molecule has 0 saturated carbocycles. The Balaban J connectivity index is 0. The summed E-state index contributed by atoms with van der Waals surface area (Å²) in [4.78, 5) is 53.4. The molecule has 0 spiro atoms. The molecule has 0 aromatic heterocycles. The minimum atomic E-state index is -1.21. The van der Waals surface area contributed by atoms with E-state index in [2.05, 4.69) is 37.8 Å². The van der Waals surface area contributed by atoms with E-state index in [4.69, 9.17) is 28.6 Å². The zero-order valence-corrected chi connectivity index (χ0v) is 22.3. The Morgan fingerprint density at radius 1 is 0.763 bits per heavy atom. The van der Waals surface area contributed by atoms with Crippen LogP contribution < -0.4 is 0 Å². The van der Waals surface area contributed by atoms with Gasteiger partial charge in [0.2, 0.25) is 0 Å². The number of aliphatic hydroxyl groups excluding tert-OH is 1. The van der Waals surface area contributed by atoms with E-state index in [1.165, 1.54) is 7.11 Å². The molecule has 0 atom stereocenters. The maximum Gasteiger partial charge on any atom is 0.333 e. The van der Waals surface area contributed by atoms with Crippen LogP contribution in [0, 0.1) is 5.41 Å². The maximum atomic E-state index is 11.2. The van der Waals surface area contributed by atoms with E-state index in [9.17, 15) is 24.3 Å². The van der Waals surface area contributed by atoms with Gasteiger partial charge in [-0.3, -0.25) is 0 Å². The van der Waals surface area contributed by atoms with Crippen LogP contribution in [0.3, 0.4) is 0 Å². The van der Waals surface area contributed by atoms with Crippen LogP contribution >= 0.6 is 0 Å². The number of rotatable bonds is 19. The summed E-state index contributed by atoms with van der Waals surface area (Å²) in [6.07, 6.45) is 1.96. The molecule has 0 bridgehead atoms. The summed E-state index contributed by atoms with van der Waals surface area (Å²) in [7, 11) is 1.31. The second-order valence-corrected chi connectivity index (χ2v) is 7.54. The average Bonchev–Trinajstić information content (AvgIpc) is 2.90. The van der Waals surface area contributed by atoms with Gasteiger partial charge < -0.3 is 28.8 Å². The maximum absolute atomic E-state index is 11.2. The van der Waals surface area contributed by atoms with Crippen molar-refractivity contribution < 1.29 is 57.7 Å². The first-order valence-electron chi connectivity index (χ1n) is 11.2. The van der Waals surface area contributed by atoms with Crippen molar-refractivity contribution in [1.29, 1.82) is 0 Å². The lowest BCUT2D eigenvalue weighted by Gasteiger charge is -2.32. The summed E-state index contributed by atoms with van der Waals surface area (Å²) in [5.74, 6) is -2.24. The molecule has 12 nitrogen and oxygen atoms in total. The number of hydrogen-bond acceptors (Lipinski definition) is 12. The normalized spacial score (nSPS) is 10.1. The lowest BCUT2D eigenvalue weighted by Crippen LogP contribution is -2.40. The van der Waals surface area contributed by atoms with Gasteiger partial charge in [-0.15, -0.1) is 0 Å². The van der Waals surface area contributed by atoms with Crippen molar-refractivity contribution in [1.82, 2.24) is 0 Å². The third kappa shape index (κ3) is 17.0. The molecule has 214 valence electrons. The van der Waals surface area contributed by atoms with Crippen LogP contribution in [0.2, 0.25) is 0 Å². The number of hydrogen-bond donors (Lipinski definition) is 1. The van der Waals surface area contributed by atoms with Crippen LogP contribution in [0.5, 0.6) is 0 Å². The first-order valence-corrected chi connectivity index (χ1v) is 11.2. The number of esters is 4. The van der Waals surface area contributed by atoms with Crippen molar-refractivity contribution in [2.45, 2.75) is 13.8 Å². The average molecular weight is 543 g/mol. The molecule has 0 aliphatic carbocycles. The summed E-state index contributed by atoms with van der Waals surface area (Å²) in [5, 5.41) is 9.63. The van der Waals surface area contributed by atoms with Gasteiger partial charge >= 0.3 is 23.9 Å². The standard InChI is InChI=1S/C14H20O7.C12H18O5/c1-5-12(16)19-9-14(8-15,10-20-13(17)6-2)11(3)7-21-18-4;1-9(2)11(13)16-7-5-15-6-8-17-12(14)10(3)4/h5-6,15H,1-3,7-10H2,4H3;1,3,5-8H2,2,4H3.